The highest BCUT2D eigenvalue weighted by Gasteiger charge is 2.28. The summed E-state index contributed by atoms with van der Waals surface area (Å²) in [6.45, 7) is 6.27. The molecular formula is C26H28FN5O3. The Morgan fingerprint density at radius 1 is 1.20 bits per heavy atom. The second kappa shape index (κ2) is 9.50. The molecule has 2 aliphatic rings. The fourth-order valence-electron chi connectivity index (χ4n) is 4.55. The van der Waals surface area contributed by atoms with E-state index in [1.807, 2.05) is 9.47 Å². The molecule has 0 unspecified atom stereocenters. The molecule has 1 saturated heterocycles. The molecular weight excluding hydrogens is 449 g/mol. The van der Waals surface area contributed by atoms with Crippen molar-refractivity contribution in [2.75, 3.05) is 37.6 Å². The summed E-state index contributed by atoms with van der Waals surface area (Å²) in [5.41, 5.74) is 3.50. The third kappa shape index (κ3) is 4.77. The highest BCUT2D eigenvalue weighted by molar-refractivity contribution is 5.98. The molecule has 0 spiro atoms. The molecule has 0 radical (unpaired) electrons. The number of anilines is 1. The van der Waals surface area contributed by atoms with Crippen molar-refractivity contribution in [3.63, 3.8) is 0 Å². The van der Waals surface area contributed by atoms with Crippen LogP contribution in [0.25, 0.3) is 10.9 Å². The van der Waals surface area contributed by atoms with Gasteiger partial charge in [-0.25, -0.2) is 9.82 Å². The summed E-state index contributed by atoms with van der Waals surface area (Å²) >= 11 is 0. The maximum atomic E-state index is 15.2. The van der Waals surface area contributed by atoms with Gasteiger partial charge < -0.3 is 19.5 Å². The Morgan fingerprint density at radius 3 is 2.66 bits per heavy atom. The summed E-state index contributed by atoms with van der Waals surface area (Å²) in [5, 5.41) is 13.6. The number of piperazine rings is 1. The third-order valence-corrected chi connectivity index (χ3v) is 6.70. The molecule has 3 aromatic rings. The van der Waals surface area contributed by atoms with Gasteiger partial charge in [0.2, 0.25) is 5.43 Å². The molecule has 2 fully saturated rings. The first-order valence-electron chi connectivity index (χ1n) is 11.9. The lowest BCUT2D eigenvalue weighted by Crippen LogP contribution is -2.46. The quantitative estimate of drug-likeness (QED) is 0.421. The largest absolute Gasteiger partial charge is 0.508 e. The number of hydrogen-bond acceptors (Lipinski definition) is 6. The zero-order valence-electron chi connectivity index (χ0n) is 19.6. The van der Waals surface area contributed by atoms with Crippen LogP contribution in [0.4, 0.5) is 10.1 Å². The number of aromatic nitrogens is 1. The van der Waals surface area contributed by atoms with Crippen LogP contribution in [-0.2, 0) is 0 Å². The fraction of sp³-hybridized carbons (Fsp3) is 0.346. The molecule has 5 rings (SSSR count). The minimum Gasteiger partial charge on any atom is -0.508 e. The molecule has 1 saturated carbocycles. The van der Waals surface area contributed by atoms with Crippen molar-refractivity contribution in [3.05, 3.63) is 69.8 Å². The Balaban J connectivity index is 1.47. The van der Waals surface area contributed by atoms with Crippen LogP contribution in [0, 0.1) is 5.82 Å². The van der Waals surface area contributed by atoms with Crippen molar-refractivity contribution >= 4 is 28.7 Å². The predicted octanol–water partition coefficient (Wildman–Crippen LogP) is 3.09. The third-order valence-electron chi connectivity index (χ3n) is 6.70. The first kappa shape index (κ1) is 23.0. The number of nitrogens with zero attached hydrogens (tertiary/aromatic N) is 4. The summed E-state index contributed by atoms with van der Waals surface area (Å²) in [6.07, 6.45) is 4.83. The number of hydrazone groups is 1. The SMILES string of the molecule is CCN1CCN(c2cc3c(cc2F)c(=O)c(C(=O)N/N=C\c2cccc(O)c2)cn3C2CC2)CC1. The van der Waals surface area contributed by atoms with E-state index >= 15 is 4.39 Å². The summed E-state index contributed by atoms with van der Waals surface area (Å²) in [7, 11) is 0. The lowest BCUT2D eigenvalue weighted by atomic mass is 10.1. The van der Waals surface area contributed by atoms with Gasteiger partial charge in [0.15, 0.2) is 0 Å². The van der Waals surface area contributed by atoms with Gasteiger partial charge in [-0.3, -0.25) is 9.59 Å². The highest BCUT2D eigenvalue weighted by atomic mass is 19.1. The van der Waals surface area contributed by atoms with E-state index in [2.05, 4.69) is 22.4 Å². The summed E-state index contributed by atoms with van der Waals surface area (Å²) in [6, 6.07) is 9.60. The van der Waals surface area contributed by atoms with E-state index in [0.717, 1.165) is 45.6 Å². The van der Waals surface area contributed by atoms with Gasteiger partial charge in [-0.15, -0.1) is 0 Å². The van der Waals surface area contributed by atoms with Gasteiger partial charge in [0.25, 0.3) is 5.91 Å². The van der Waals surface area contributed by atoms with Gasteiger partial charge in [0, 0.05) is 43.8 Å². The maximum Gasteiger partial charge on any atom is 0.276 e. The van der Waals surface area contributed by atoms with Gasteiger partial charge in [-0.2, -0.15) is 5.10 Å². The predicted molar refractivity (Wildman–Crippen MR) is 134 cm³/mol. The van der Waals surface area contributed by atoms with E-state index < -0.39 is 17.2 Å². The monoisotopic (exact) mass is 477 g/mol. The molecule has 1 aliphatic carbocycles. The number of likely N-dealkylation sites (N-methyl/N-ethyl adjacent to an activating group) is 1. The van der Waals surface area contributed by atoms with E-state index in [1.165, 1.54) is 24.4 Å². The van der Waals surface area contributed by atoms with E-state index in [1.54, 1.807) is 24.4 Å². The Morgan fingerprint density at radius 2 is 1.97 bits per heavy atom. The molecule has 2 N–H and O–H groups in total. The van der Waals surface area contributed by atoms with Crippen LogP contribution in [-0.4, -0.2) is 59.4 Å². The van der Waals surface area contributed by atoms with Crippen molar-refractivity contribution in [2.45, 2.75) is 25.8 Å². The van der Waals surface area contributed by atoms with Crippen LogP contribution in [0.2, 0.25) is 0 Å². The molecule has 1 amide bonds. The summed E-state index contributed by atoms with van der Waals surface area (Å²) in [5.74, 6) is -1.04. The molecule has 2 heterocycles. The van der Waals surface area contributed by atoms with E-state index in [9.17, 15) is 14.7 Å². The number of halogens is 1. The molecule has 35 heavy (non-hydrogen) atoms. The number of phenols is 1. The van der Waals surface area contributed by atoms with Gasteiger partial charge in [0.05, 0.1) is 17.4 Å². The molecule has 0 atom stereocenters. The van der Waals surface area contributed by atoms with E-state index in [-0.39, 0.29) is 22.7 Å². The normalized spacial score (nSPS) is 16.8. The van der Waals surface area contributed by atoms with Crippen molar-refractivity contribution < 1.29 is 14.3 Å². The van der Waals surface area contributed by atoms with Crippen LogP contribution in [0.3, 0.4) is 0 Å². The van der Waals surface area contributed by atoms with E-state index in [0.29, 0.717) is 16.8 Å². The average molecular weight is 478 g/mol. The summed E-state index contributed by atoms with van der Waals surface area (Å²) in [4.78, 5) is 30.4. The van der Waals surface area contributed by atoms with Crippen LogP contribution in [0.1, 0.15) is 41.7 Å². The van der Waals surface area contributed by atoms with Crippen molar-refractivity contribution in [3.8, 4) is 5.75 Å². The van der Waals surface area contributed by atoms with Crippen LogP contribution >= 0.6 is 0 Å². The molecule has 1 aliphatic heterocycles. The number of aromatic hydroxyl groups is 1. The fourth-order valence-corrected chi connectivity index (χ4v) is 4.55. The van der Waals surface area contributed by atoms with Crippen LogP contribution in [0.15, 0.2) is 52.5 Å². The average Bonchev–Trinajstić information content (AvgIpc) is 3.70. The molecule has 182 valence electrons. The maximum absolute atomic E-state index is 15.2. The van der Waals surface area contributed by atoms with Crippen molar-refractivity contribution in [1.82, 2.24) is 14.9 Å². The Labute approximate surface area is 202 Å². The number of rotatable bonds is 6. The molecule has 8 nitrogen and oxygen atoms in total. The van der Waals surface area contributed by atoms with Crippen molar-refractivity contribution in [2.24, 2.45) is 5.10 Å². The lowest BCUT2D eigenvalue weighted by Gasteiger charge is -2.35. The van der Waals surface area contributed by atoms with Gasteiger partial charge in [-0.1, -0.05) is 19.1 Å². The number of nitrogens with one attached hydrogen (secondary N) is 1. The Bertz CT molecular complexity index is 1360. The molecule has 1 aromatic heterocycles. The van der Waals surface area contributed by atoms with Gasteiger partial charge in [0.1, 0.15) is 17.1 Å². The highest BCUT2D eigenvalue weighted by Crippen LogP contribution is 2.38. The number of hydrogen-bond donors (Lipinski definition) is 2. The first-order valence-corrected chi connectivity index (χ1v) is 11.9. The topological polar surface area (TPSA) is 90.2 Å². The second-order valence-corrected chi connectivity index (χ2v) is 9.05. The van der Waals surface area contributed by atoms with Gasteiger partial charge >= 0.3 is 0 Å². The zero-order valence-corrected chi connectivity index (χ0v) is 19.6. The molecule has 2 aromatic carbocycles. The number of amides is 1. The number of carbonyl (C=O) groups is 1. The van der Waals surface area contributed by atoms with Gasteiger partial charge in [-0.05, 0) is 49.2 Å². The molecule has 0 bridgehead atoms. The minimum absolute atomic E-state index is 0.0794. The first-order chi connectivity index (χ1) is 16.9. The molecule has 9 heteroatoms. The second-order valence-electron chi connectivity index (χ2n) is 9.05. The Kier molecular flexibility index (Phi) is 6.25. The lowest BCUT2D eigenvalue weighted by molar-refractivity contribution is 0.0953. The smallest absolute Gasteiger partial charge is 0.276 e. The van der Waals surface area contributed by atoms with E-state index in [4.69, 9.17) is 0 Å². The zero-order chi connectivity index (χ0) is 24.5. The Hall–Kier alpha value is -3.72. The van der Waals surface area contributed by atoms with Crippen LogP contribution < -0.4 is 15.8 Å². The van der Waals surface area contributed by atoms with Crippen molar-refractivity contribution in [1.29, 1.82) is 0 Å². The summed E-state index contributed by atoms with van der Waals surface area (Å²) < 4.78 is 17.1. The minimum atomic E-state index is -0.664. The number of phenolic OH excluding ortho intramolecular Hbond substituents is 1. The number of fused-ring (bicyclic) bond motifs is 1. The standard InChI is InChI=1S/C26H28FN5O3/c1-2-30-8-10-31(11-9-30)24-14-23-20(13-22(24)27)25(34)21(16-32(23)18-6-7-18)26(35)29-28-15-17-4-3-5-19(33)12-17/h3-5,12-16,18,33H,2,6-11H2,1H3,(H,29,35)/b28-15-. The van der Waals surface area contributed by atoms with Crippen LogP contribution in [0.5, 0.6) is 5.75 Å². The number of pyridine rings is 1. The number of carbonyl (C=O) groups excluding carboxylic acids is 1. The number of benzene rings is 2.